The Morgan fingerprint density at radius 1 is 1.14 bits per heavy atom. The van der Waals surface area contributed by atoms with E-state index in [0.29, 0.717) is 17.0 Å². The van der Waals surface area contributed by atoms with Gasteiger partial charge >= 0.3 is 6.18 Å². The number of amides is 1. The van der Waals surface area contributed by atoms with Crippen LogP contribution in [0.25, 0.3) is 17.3 Å². The second-order valence-electron chi connectivity index (χ2n) is 7.60. The summed E-state index contributed by atoms with van der Waals surface area (Å²) >= 11 is 0. The molecule has 1 amide bonds. The standard InChI is InChI=1S/C23H21F3N6O3/c1-14(27)21(33)28-12-15-6-5-7-16(10-15)32-18(11-19(31-32)23(24,25)26)22-30-29-20(35-22)13-34-17-8-3-2-4-9-17/h2-11,14H,12-13,27H2,1H3,(H,28,33)/t14-/m0/s1. The molecule has 0 saturated carbocycles. The molecule has 1 atom stereocenters. The normalized spacial score (nSPS) is 12.4. The lowest BCUT2D eigenvalue weighted by molar-refractivity contribution is -0.141. The van der Waals surface area contributed by atoms with Crippen molar-refractivity contribution in [3.63, 3.8) is 0 Å². The smallest absolute Gasteiger partial charge is 0.435 e. The van der Waals surface area contributed by atoms with Crippen molar-refractivity contribution in [3.8, 4) is 23.0 Å². The first-order valence-electron chi connectivity index (χ1n) is 10.5. The first-order valence-corrected chi connectivity index (χ1v) is 10.5. The molecule has 0 aliphatic heterocycles. The predicted octanol–water partition coefficient (Wildman–Crippen LogP) is 3.48. The third kappa shape index (κ3) is 5.84. The molecule has 4 aromatic rings. The Labute approximate surface area is 197 Å². The molecule has 2 aromatic carbocycles. The lowest BCUT2D eigenvalue weighted by atomic mass is 10.2. The van der Waals surface area contributed by atoms with E-state index in [1.54, 1.807) is 55.5 Å². The molecule has 12 heteroatoms. The van der Waals surface area contributed by atoms with Crippen molar-refractivity contribution >= 4 is 5.91 Å². The van der Waals surface area contributed by atoms with Gasteiger partial charge in [0.25, 0.3) is 11.8 Å². The van der Waals surface area contributed by atoms with Gasteiger partial charge in [0.05, 0.1) is 11.7 Å². The summed E-state index contributed by atoms with van der Waals surface area (Å²) in [6.45, 7) is 1.62. The van der Waals surface area contributed by atoms with Crippen LogP contribution in [0.4, 0.5) is 13.2 Å². The van der Waals surface area contributed by atoms with Crippen molar-refractivity contribution in [1.82, 2.24) is 25.3 Å². The summed E-state index contributed by atoms with van der Waals surface area (Å²) in [5, 5.41) is 14.1. The molecular formula is C23H21F3N6O3. The fourth-order valence-corrected chi connectivity index (χ4v) is 3.09. The van der Waals surface area contributed by atoms with E-state index in [1.165, 1.54) is 0 Å². The molecule has 35 heavy (non-hydrogen) atoms. The summed E-state index contributed by atoms with van der Waals surface area (Å²) in [7, 11) is 0. The second-order valence-corrected chi connectivity index (χ2v) is 7.60. The largest absolute Gasteiger partial charge is 0.484 e. The van der Waals surface area contributed by atoms with Gasteiger partial charge in [0.1, 0.15) is 11.4 Å². The van der Waals surface area contributed by atoms with E-state index < -0.39 is 17.9 Å². The molecule has 2 heterocycles. The summed E-state index contributed by atoms with van der Waals surface area (Å²) in [4.78, 5) is 11.8. The van der Waals surface area contributed by atoms with Crippen LogP contribution in [0.1, 0.15) is 24.1 Å². The van der Waals surface area contributed by atoms with Crippen LogP contribution in [-0.4, -0.2) is 31.9 Å². The minimum absolute atomic E-state index is 0.0486. The van der Waals surface area contributed by atoms with E-state index in [1.807, 2.05) is 6.07 Å². The van der Waals surface area contributed by atoms with Crippen LogP contribution in [0, 0.1) is 0 Å². The summed E-state index contributed by atoms with van der Waals surface area (Å²) in [6, 6.07) is 15.6. The zero-order valence-corrected chi connectivity index (χ0v) is 18.5. The molecule has 0 saturated heterocycles. The minimum Gasteiger partial charge on any atom is -0.484 e. The SMILES string of the molecule is C[C@H](N)C(=O)NCc1cccc(-n2nc(C(F)(F)F)cc2-c2nnc(COc3ccccc3)o2)c1. The monoisotopic (exact) mass is 486 g/mol. The molecule has 182 valence electrons. The Hall–Kier alpha value is -4.19. The number of hydrogen-bond acceptors (Lipinski definition) is 7. The number of carbonyl (C=O) groups is 1. The van der Waals surface area contributed by atoms with E-state index in [4.69, 9.17) is 14.9 Å². The zero-order chi connectivity index (χ0) is 25.0. The fourth-order valence-electron chi connectivity index (χ4n) is 3.09. The number of nitrogens with two attached hydrogens (primary N) is 1. The van der Waals surface area contributed by atoms with Gasteiger partial charge in [0.2, 0.25) is 5.91 Å². The van der Waals surface area contributed by atoms with Crippen LogP contribution in [0.15, 0.2) is 65.1 Å². The Bertz CT molecular complexity index is 1300. The van der Waals surface area contributed by atoms with Crippen LogP contribution >= 0.6 is 0 Å². The first kappa shape index (κ1) is 24.0. The maximum atomic E-state index is 13.5. The summed E-state index contributed by atoms with van der Waals surface area (Å²) in [5.41, 5.74) is 5.31. The molecule has 4 rings (SSSR count). The molecular weight excluding hydrogens is 465 g/mol. The number of nitrogens with zero attached hydrogens (tertiary/aromatic N) is 4. The highest BCUT2D eigenvalue weighted by molar-refractivity contribution is 5.80. The number of benzene rings is 2. The summed E-state index contributed by atoms with van der Waals surface area (Å²) in [6.07, 6.45) is -4.69. The highest BCUT2D eigenvalue weighted by atomic mass is 19.4. The number of hydrogen-bond donors (Lipinski definition) is 2. The van der Waals surface area contributed by atoms with Crippen molar-refractivity contribution in [1.29, 1.82) is 0 Å². The molecule has 0 fully saturated rings. The third-order valence-corrected chi connectivity index (χ3v) is 4.83. The minimum atomic E-state index is -4.69. The second kappa shape index (κ2) is 9.97. The van der Waals surface area contributed by atoms with Crippen molar-refractivity contribution in [3.05, 3.63) is 77.8 Å². The summed E-state index contributed by atoms with van der Waals surface area (Å²) in [5.74, 6) is 0.142. The number of nitrogens with one attached hydrogen (secondary N) is 1. The number of carbonyl (C=O) groups excluding carboxylic acids is 1. The van der Waals surface area contributed by atoms with Gasteiger partial charge in [-0.25, -0.2) is 4.68 Å². The molecule has 9 nitrogen and oxygen atoms in total. The molecule has 3 N–H and O–H groups in total. The van der Waals surface area contributed by atoms with Gasteiger partial charge < -0.3 is 20.2 Å². The van der Waals surface area contributed by atoms with Gasteiger partial charge in [0.15, 0.2) is 12.3 Å². The third-order valence-electron chi connectivity index (χ3n) is 4.83. The van der Waals surface area contributed by atoms with Crippen molar-refractivity contribution in [2.45, 2.75) is 32.3 Å². The van der Waals surface area contributed by atoms with Crippen molar-refractivity contribution in [2.24, 2.45) is 5.73 Å². The molecule has 2 aromatic heterocycles. The summed E-state index contributed by atoms with van der Waals surface area (Å²) < 4.78 is 52.6. The van der Waals surface area contributed by atoms with Gasteiger partial charge in [-0.2, -0.15) is 18.3 Å². The molecule has 0 aliphatic carbocycles. The quantitative estimate of drug-likeness (QED) is 0.391. The molecule has 0 aliphatic rings. The Morgan fingerprint density at radius 2 is 1.91 bits per heavy atom. The number of rotatable bonds is 8. The van der Waals surface area contributed by atoms with Gasteiger partial charge in [-0.3, -0.25) is 4.79 Å². The van der Waals surface area contributed by atoms with Gasteiger partial charge in [-0.05, 0) is 36.8 Å². The lowest BCUT2D eigenvalue weighted by Gasteiger charge is -2.10. The average Bonchev–Trinajstić information content (AvgIpc) is 3.49. The number of ether oxygens (including phenoxy) is 1. The Balaban J connectivity index is 1.62. The van der Waals surface area contributed by atoms with E-state index in [-0.39, 0.29) is 36.5 Å². The highest BCUT2D eigenvalue weighted by Crippen LogP contribution is 2.33. The van der Waals surface area contributed by atoms with Crippen LogP contribution in [0.5, 0.6) is 5.75 Å². The lowest BCUT2D eigenvalue weighted by Crippen LogP contribution is -2.37. The molecule has 0 radical (unpaired) electrons. The van der Waals surface area contributed by atoms with E-state index in [0.717, 1.165) is 10.7 Å². The molecule has 0 spiro atoms. The van der Waals surface area contributed by atoms with E-state index >= 15 is 0 Å². The van der Waals surface area contributed by atoms with Crippen molar-refractivity contribution < 1.29 is 27.1 Å². The van der Waals surface area contributed by atoms with Gasteiger partial charge in [0, 0.05) is 12.6 Å². The van der Waals surface area contributed by atoms with Gasteiger partial charge in [-0.1, -0.05) is 30.3 Å². The molecule has 0 bridgehead atoms. The number of para-hydroxylation sites is 1. The van der Waals surface area contributed by atoms with Crippen LogP contribution in [0.3, 0.4) is 0 Å². The zero-order valence-electron chi connectivity index (χ0n) is 18.5. The Morgan fingerprint density at radius 3 is 2.63 bits per heavy atom. The number of aromatic nitrogens is 4. The fraction of sp³-hybridized carbons (Fsp3) is 0.217. The van der Waals surface area contributed by atoms with Crippen LogP contribution in [0.2, 0.25) is 0 Å². The van der Waals surface area contributed by atoms with Crippen LogP contribution in [-0.2, 0) is 24.1 Å². The maximum Gasteiger partial charge on any atom is 0.435 e. The first-order chi connectivity index (χ1) is 16.7. The van der Waals surface area contributed by atoms with Crippen LogP contribution < -0.4 is 15.8 Å². The van der Waals surface area contributed by atoms with E-state index in [9.17, 15) is 18.0 Å². The van der Waals surface area contributed by atoms with E-state index in [2.05, 4.69) is 20.6 Å². The number of alkyl halides is 3. The highest BCUT2D eigenvalue weighted by Gasteiger charge is 2.36. The Kier molecular flexibility index (Phi) is 6.82. The average molecular weight is 486 g/mol. The van der Waals surface area contributed by atoms with Crippen molar-refractivity contribution in [2.75, 3.05) is 0 Å². The maximum absolute atomic E-state index is 13.5. The molecule has 0 unspecified atom stereocenters. The number of halogens is 3. The van der Waals surface area contributed by atoms with Gasteiger partial charge in [-0.15, -0.1) is 10.2 Å². The predicted molar refractivity (Wildman–Crippen MR) is 118 cm³/mol. The topological polar surface area (TPSA) is 121 Å².